The third-order valence-corrected chi connectivity index (χ3v) is 2.52. The van der Waals surface area contributed by atoms with Gasteiger partial charge < -0.3 is 25.6 Å². The van der Waals surface area contributed by atoms with Gasteiger partial charge >= 0.3 is 0 Å². The lowest BCUT2D eigenvalue weighted by Gasteiger charge is -2.12. The molecule has 1 rings (SSSR count). The number of carbonyl (C=O) groups is 1. The Balaban J connectivity index is 2.59. The fraction of sp³-hybridized carbons (Fsp3) is 0.462. The van der Waals surface area contributed by atoms with E-state index in [9.17, 15) is 9.90 Å². The Morgan fingerprint density at radius 2 is 2.21 bits per heavy atom. The van der Waals surface area contributed by atoms with Crippen molar-refractivity contribution in [3.05, 3.63) is 23.8 Å². The molecule has 0 radical (unpaired) electrons. The van der Waals surface area contributed by atoms with Crippen LogP contribution in [-0.4, -0.2) is 37.4 Å². The lowest BCUT2D eigenvalue weighted by atomic mass is 10.2. The Bertz CT molecular complexity index is 423. The summed E-state index contributed by atoms with van der Waals surface area (Å²) in [4.78, 5) is 10.7. The van der Waals surface area contributed by atoms with Crippen molar-refractivity contribution in [2.45, 2.75) is 19.6 Å². The summed E-state index contributed by atoms with van der Waals surface area (Å²) in [7, 11) is 1.58. The highest BCUT2D eigenvalue weighted by Crippen LogP contribution is 2.27. The number of hydrogen-bond acceptors (Lipinski definition) is 5. The van der Waals surface area contributed by atoms with Crippen LogP contribution in [0.15, 0.2) is 18.2 Å². The maximum Gasteiger partial charge on any atom is 0.247 e. The molecule has 19 heavy (non-hydrogen) atoms. The summed E-state index contributed by atoms with van der Waals surface area (Å²) in [6.45, 7) is 3.06. The highest BCUT2D eigenvalue weighted by atomic mass is 16.5. The van der Waals surface area contributed by atoms with Gasteiger partial charge in [-0.15, -0.1) is 0 Å². The van der Waals surface area contributed by atoms with Gasteiger partial charge in [0.05, 0.1) is 13.7 Å². The molecule has 0 heterocycles. The molecule has 106 valence electrons. The van der Waals surface area contributed by atoms with E-state index in [4.69, 9.17) is 15.2 Å². The van der Waals surface area contributed by atoms with E-state index in [-0.39, 0.29) is 6.54 Å². The monoisotopic (exact) mass is 268 g/mol. The van der Waals surface area contributed by atoms with Gasteiger partial charge in [0.1, 0.15) is 6.10 Å². The van der Waals surface area contributed by atoms with Gasteiger partial charge in [0, 0.05) is 13.1 Å². The SMILES string of the molecule is CCOc1cc(CNCC(O)C(N)=O)ccc1OC. The zero-order valence-corrected chi connectivity index (χ0v) is 11.2. The topological polar surface area (TPSA) is 93.8 Å². The van der Waals surface area contributed by atoms with Gasteiger partial charge in [-0.05, 0) is 24.6 Å². The maximum atomic E-state index is 10.7. The van der Waals surface area contributed by atoms with E-state index in [1.165, 1.54) is 0 Å². The van der Waals surface area contributed by atoms with Crippen LogP contribution in [0.25, 0.3) is 0 Å². The second kappa shape index (κ2) is 7.60. The summed E-state index contributed by atoms with van der Waals surface area (Å²) >= 11 is 0. The van der Waals surface area contributed by atoms with Crippen molar-refractivity contribution in [1.82, 2.24) is 5.32 Å². The number of primary amides is 1. The molecule has 1 aromatic carbocycles. The number of nitrogens with one attached hydrogen (secondary N) is 1. The van der Waals surface area contributed by atoms with Gasteiger partial charge in [-0.25, -0.2) is 0 Å². The third kappa shape index (κ3) is 4.76. The van der Waals surface area contributed by atoms with Crippen LogP contribution >= 0.6 is 0 Å². The summed E-state index contributed by atoms with van der Waals surface area (Å²) < 4.78 is 10.6. The van der Waals surface area contributed by atoms with Gasteiger partial charge in [0.15, 0.2) is 11.5 Å². The second-order valence-corrected chi connectivity index (χ2v) is 3.97. The molecule has 4 N–H and O–H groups in total. The van der Waals surface area contributed by atoms with Gasteiger partial charge in [-0.2, -0.15) is 0 Å². The lowest BCUT2D eigenvalue weighted by molar-refractivity contribution is -0.125. The molecule has 0 aliphatic heterocycles. The smallest absolute Gasteiger partial charge is 0.247 e. The zero-order chi connectivity index (χ0) is 14.3. The minimum atomic E-state index is -1.18. The van der Waals surface area contributed by atoms with Crippen LogP contribution in [0.4, 0.5) is 0 Å². The number of aliphatic hydroxyl groups is 1. The van der Waals surface area contributed by atoms with Crippen molar-refractivity contribution in [2.75, 3.05) is 20.3 Å². The minimum absolute atomic E-state index is 0.116. The molecule has 0 bridgehead atoms. The standard InChI is InChI=1S/C13H20N2O4/c1-3-19-12-6-9(4-5-11(12)18-2)7-15-8-10(16)13(14)17/h4-6,10,15-16H,3,7-8H2,1-2H3,(H2,14,17). The summed E-state index contributed by atoms with van der Waals surface area (Å²) in [6, 6.07) is 5.55. The first-order valence-electron chi connectivity index (χ1n) is 6.06. The molecule has 0 fully saturated rings. The number of amides is 1. The minimum Gasteiger partial charge on any atom is -0.493 e. The maximum absolute atomic E-state index is 10.7. The molecule has 6 heteroatoms. The number of benzene rings is 1. The van der Waals surface area contributed by atoms with Crippen LogP contribution in [-0.2, 0) is 11.3 Å². The first-order chi connectivity index (χ1) is 9.08. The van der Waals surface area contributed by atoms with Crippen LogP contribution in [0.2, 0.25) is 0 Å². The first kappa shape index (κ1) is 15.3. The van der Waals surface area contributed by atoms with E-state index in [0.29, 0.717) is 24.7 Å². The average Bonchev–Trinajstić information content (AvgIpc) is 2.39. The summed E-state index contributed by atoms with van der Waals surface area (Å²) in [5, 5.41) is 12.2. The van der Waals surface area contributed by atoms with Gasteiger partial charge in [0.2, 0.25) is 5.91 Å². The Labute approximate surface area is 112 Å². The number of aliphatic hydroxyl groups excluding tert-OH is 1. The first-order valence-corrected chi connectivity index (χ1v) is 6.06. The van der Waals surface area contributed by atoms with Crippen molar-refractivity contribution in [1.29, 1.82) is 0 Å². The fourth-order valence-corrected chi connectivity index (χ4v) is 1.55. The molecule has 0 spiro atoms. The van der Waals surface area contributed by atoms with Crippen LogP contribution in [0, 0.1) is 0 Å². The summed E-state index contributed by atoms with van der Waals surface area (Å²) in [5.74, 6) is 0.597. The van der Waals surface area contributed by atoms with E-state index in [1.54, 1.807) is 7.11 Å². The number of rotatable bonds is 8. The lowest BCUT2D eigenvalue weighted by Crippen LogP contribution is -2.37. The molecule has 0 saturated carbocycles. The Morgan fingerprint density at radius 1 is 1.47 bits per heavy atom. The third-order valence-electron chi connectivity index (χ3n) is 2.52. The van der Waals surface area contributed by atoms with Crippen molar-refractivity contribution in [3.63, 3.8) is 0 Å². The van der Waals surface area contributed by atoms with E-state index in [0.717, 1.165) is 5.56 Å². The molecular weight excluding hydrogens is 248 g/mol. The van der Waals surface area contributed by atoms with Crippen LogP contribution in [0.1, 0.15) is 12.5 Å². The van der Waals surface area contributed by atoms with Crippen molar-refractivity contribution < 1.29 is 19.4 Å². The fourth-order valence-electron chi connectivity index (χ4n) is 1.55. The number of methoxy groups -OCH3 is 1. The van der Waals surface area contributed by atoms with E-state index < -0.39 is 12.0 Å². The number of ether oxygens (including phenoxy) is 2. The van der Waals surface area contributed by atoms with Gasteiger partial charge in [-0.3, -0.25) is 4.79 Å². The molecule has 0 aliphatic rings. The zero-order valence-electron chi connectivity index (χ0n) is 11.2. The quantitative estimate of drug-likeness (QED) is 0.618. The molecule has 0 aliphatic carbocycles. The second-order valence-electron chi connectivity index (χ2n) is 3.97. The molecule has 1 aromatic rings. The molecule has 1 unspecified atom stereocenters. The molecular formula is C13H20N2O4. The average molecular weight is 268 g/mol. The van der Waals surface area contributed by atoms with Crippen molar-refractivity contribution >= 4 is 5.91 Å². The Hall–Kier alpha value is -1.79. The Morgan fingerprint density at radius 3 is 2.79 bits per heavy atom. The molecule has 0 aromatic heterocycles. The largest absolute Gasteiger partial charge is 0.493 e. The highest BCUT2D eigenvalue weighted by Gasteiger charge is 2.10. The van der Waals surface area contributed by atoms with Crippen LogP contribution < -0.4 is 20.5 Å². The normalized spacial score (nSPS) is 11.9. The van der Waals surface area contributed by atoms with E-state index in [2.05, 4.69) is 5.32 Å². The van der Waals surface area contributed by atoms with Crippen LogP contribution in [0.3, 0.4) is 0 Å². The van der Waals surface area contributed by atoms with E-state index in [1.807, 2.05) is 25.1 Å². The number of carbonyl (C=O) groups excluding carboxylic acids is 1. The Kier molecular flexibility index (Phi) is 6.11. The van der Waals surface area contributed by atoms with Gasteiger partial charge in [-0.1, -0.05) is 6.07 Å². The molecule has 0 saturated heterocycles. The number of hydrogen-bond donors (Lipinski definition) is 3. The highest BCUT2D eigenvalue weighted by molar-refractivity contribution is 5.78. The number of nitrogens with two attached hydrogens (primary N) is 1. The van der Waals surface area contributed by atoms with Crippen molar-refractivity contribution in [3.8, 4) is 11.5 Å². The molecule has 1 amide bonds. The van der Waals surface area contributed by atoms with Crippen molar-refractivity contribution in [2.24, 2.45) is 5.73 Å². The van der Waals surface area contributed by atoms with Crippen LogP contribution in [0.5, 0.6) is 11.5 Å². The summed E-state index contributed by atoms with van der Waals surface area (Å²) in [6.07, 6.45) is -1.18. The molecule has 6 nitrogen and oxygen atoms in total. The van der Waals surface area contributed by atoms with E-state index >= 15 is 0 Å². The molecule has 1 atom stereocenters. The summed E-state index contributed by atoms with van der Waals surface area (Å²) in [5.41, 5.74) is 5.91. The van der Waals surface area contributed by atoms with Gasteiger partial charge in [0.25, 0.3) is 0 Å². The predicted molar refractivity (Wildman–Crippen MR) is 71.1 cm³/mol. The predicted octanol–water partition coefficient (Wildman–Crippen LogP) is 0.0297.